The predicted octanol–water partition coefficient (Wildman–Crippen LogP) is 3.24. The molecule has 23 heavy (non-hydrogen) atoms. The van der Waals surface area contributed by atoms with E-state index >= 15 is 0 Å². The fourth-order valence-corrected chi connectivity index (χ4v) is 3.12. The molecule has 0 saturated heterocycles. The van der Waals surface area contributed by atoms with Crippen LogP contribution in [0, 0.1) is 11.8 Å². The van der Waals surface area contributed by atoms with E-state index in [4.69, 9.17) is 4.74 Å². The van der Waals surface area contributed by atoms with Gasteiger partial charge in [-0.25, -0.2) is 0 Å². The molecule has 0 aliphatic heterocycles. The smallest absolute Gasteiger partial charge is 0.223 e. The monoisotopic (exact) mass is 318 g/mol. The Hall–Kier alpha value is -1.55. The molecule has 0 aromatic heterocycles. The van der Waals surface area contributed by atoms with Crippen molar-refractivity contribution in [2.75, 3.05) is 26.7 Å². The average Bonchev–Trinajstić information content (AvgIpc) is 3.43. The van der Waals surface area contributed by atoms with Crippen LogP contribution in [0.2, 0.25) is 0 Å². The second-order valence-electron chi connectivity index (χ2n) is 6.38. The Bertz CT molecular complexity index is 493. The first-order valence-electron chi connectivity index (χ1n) is 8.76. The van der Waals surface area contributed by atoms with Gasteiger partial charge in [0.1, 0.15) is 5.75 Å². The highest BCUT2D eigenvalue weighted by Gasteiger charge is 2.32. The molecule has 4 nitrogen and oxygen atoms in total. The molecule has 1 aliphatic carbocycles. The van der Waals surface area contributed by atoms with E-state index in [9.17, 15) is 4.79 Å². The molecule has 1 N–H and O–H groups in total. The highest BCUT2D eigenvalue weighted by Crippen LogP contribution is 2.36. The van der Waals surface area contributed by atoms with Crippen molar-refractivity contribution < 1.29 is 9.53 Å². The minimum Gasteiger partial charge on any atom is -0.497 e. The van der Waals surface area contributed by atoms with Crippen LogP contribution in [0.3, 0.4) is 0 Å². The van der Waals surface area contributed by atoms with Crippen LogP contribution in [-0.2, 0) is 4.79 Å². The van der Waals surface area contributed by atoms with Gasteiger partial charge in [0, 0.05) is 12.5 Å². The largest absolute Gasteiger partial charge is 0.497 e. The van der Waals surface area contributed by atoms with Gasteiger partial charge in [-0.1, -0.05) is 32.9 Å². The lowest BCUT2D eigenvalue weighted by atomic mass is 10.0. The van der Waals surface area contributed by atoms with Crippen LogP contribution in [0.15, 0.2) is 24.3 Å². The minimum atomic E-state index is 0.142. The molecule has 0 heterocycles. The van der Waals surface area contributed by atoms with Gasteiger partial charge in [0.05, 0.1) is 13.2 Å². The molecule has 1 aliphatic rings. The fraction of sp³-hybridized carbons (Fsp3) is 0.632. The van der Waals surface area contributed by atoms with Gasteiger partial charge in [0.25, 0.3) is 0 Å². The number of ether oxygens (including phenoxy) is 1. The van der Waals surface area contributed by atoms with Crippen LogP contribution in [0.1, 0.15) is 45.2 Å². The van der Waals surface area contributed by atoms with Crippen molar-refractivity contribution in [3.05, 3.63) is 29.8 Å². The molecule has 0 radical (unpaired) electrons. The summed E-state index contributed by atoms with van der Waals surface area (Å²) in [6, 6.07) is 8.36. The first-order chi connectivity index (χ1) is 11.1. The van der Waals surface area contributed by atoms with Crippen molar-refractivity contribution in [2.45, 2.75) is 39.7 Å². The number of nitrogens with one attached hydrogen (secondary N) is 1. The highest BCUT2D eigenvalue weighted by molar-refractivity contribution is 5.78. The second-order valence-corrected chi connectivity index (χ2v) is 6.38. The molecule has 2 rings (SSSR count). The summed E-state index contributed by atoms with van der Waals surface area (Å²) >= 11 is 0. The summed E-state index contributed by atoms with van der Waals surface area (Å²) in [6.07, 6.45) is 2.40. The third-order valence-electron chi connectivity index (χ3n) is 4.97. The molecule has 2 unspecified atom stereocenters. The fourth-order valence-electron chi connectivity index (χ4n) is 3.12. The maximum absolute atomic E-state index is 12.3. The quantitative estimate of drug-likeness (QED) is 0.760. The van der Waals surface area contributed by atoms with Crippen molar-refractivity contribution in [1.29, 1.82) is 0 Å². The molecule has 128 valence electrons. The van der Waals surface area contributed by atoms with E-state index in [-0.39, 0.29) is 17.9 Å². The normalized spacial score (nSPS) is 16.9. The third-order valence-corrected chi connectivity index (χ3v) is 4.97. The molecule has 1 aromatic carbocycles. The lowest BCUT2D eigenvalue weighted by Crippen LogP contribution is -2.40. The number of rotatable bonds is 9. The van der Waals surface area contributed by atoms with Gasteiger partial charge in [-0.2, -0.15) is 0 Å². The molecule has 1 saturated carbocycles. The van der Waals surface area contributed by atoms with Gasteiger partial charge in [-0.3, -0.25) is 9.69 Å². The van der Waals surface area contributed by atoms with E-state index in [0.717, 1.165) is 18.8 Å². The zero-order valence-corrected chi connectivity index (χ0v) is 14.8. The molecule has 1 fully saturated rings. The third kappa shape index (κ3) is 4.71. The van der Waals surface area contributed by atoms with Crippen LogP contribution in [0.4, 0.5) is 0 Å². The first-order valence-corrected chi connectivity index (χ1v) is 8.76. The van der Waals surface area contributed by atoms with Crippen molar-refractivity contribution in [3.8, 4) is 5.75 Å². The lowest BCUT2D eigenvalue weighted by Gasteiger charge is -2.30. The summed E-state index contributed by atoms with van der Waals surface area (Å²) in [7, 11) is 1.68. The molecular formula is C19H30N2O2. The number of likely N-dealkylation sites (N-methyl/N-ethyl adjacent to an activating group) is 1. The number of hydrogen-bond acceptors (Lipinski definition) is 3. The topological polar surface area (TPSA) is 41.6 Å². The SMILES string of the molecule is CCN(CC)C(CNC(=O)C(C)C1CC1)c1ccc(OC)cc1. The van der Waals surface area contributed by atoms with Gasteiger partial charge in [-0.15, -0.1) is 0 Å². The predicted molar refractivity (Wildman–Crippen MR) is 93.6 cm³/mol. The standard InChI is InChI=1S/C19H30N2O2/c1-5-21(6-2)18(16-9-11-17(23-4)12-10-16)13-20-19(22)14(3)15-7-8-15/h9-12,14-15,18H,5-8,13H2,1-4H3,(H,20,22). The van der Waals surface area contributed by atoms with Crippen molar-refractivity contribution in [1.82, 2.24) is 10.2 Å². The van der Waals surface area contributed by atoms with Crippen LogP contribution in [-0.4, -0.2) is 37.6 Å². The number of hydrogen-bond donors (Lipinski definition) is 1. The molecule has 1 amide bonds. The van der Waals surface area contributed by atoms with Gasteiger partial charge in [0.15, 0.2) is 0 Å². The maximum Gasteiger partial charge on any atom is 0.223 e. The lowest BCUT2D eigenvalue weighted by molar-refractivity contribution is -0.125. The van der Waals surface area contributed by atoms with Gasteiger partial charge in [-0.05, 0) is 49.5 Å². The molecule has 1 aromatic rings. The Morgan fingerprint density at radius 1 is 1.26 bits per heavy atom. The summed E-state index contributed by atoms with van der Waals surface area (Å²) < 4.78 is 5.24. The minimum absolute atomic E-state index is 0.142. The Morgan fingerprint density at radius 3 is 2.35 bits per heavy atom. The second kappa shape index (κ2) is 8.34. The van der Waals surface area contributed by atoms with E-state index < -0.39 is 0 Å². The Balaban J connectivity index is 2.05. The maximum atomic E-state index is 12.3. The van der Waals surface area contributed by atoms with E-state index in [1.54, 1.807) is 7.11 Å². The molecule has 0 spiro atoms. The Morgan fingerprint density at radius 2 is 1.87 bits per heavy atom. The number of methoxy groups -OCH3 is 1. The van der Waals surface area contributed by atoms with E-state index in [2.05, 4.69) is 36.2 Å². The van der Waals surface area contributed by atoms with Gasteiger partial charge in [0.2, 0.25) is 5.91 Å². The van der Waals surface area contributed by atoms with Crippen LogP contribution in [0.5, 0.6) is 5.75 Å². The number of carbonyl (C=O) groups excluding carboxylic acids is 1. The summed E-state index contributed by atoms with van der Waals surface area (Å²) in [5.41, 5.74) is 1.22. The number of amides is 1. The number of benzene rings is 1. The summed E-state index contributed by atoms with van der Waals surface area (Å²) in [5.74, 6) is 1.79. The number of carbonyl (C=O) groups is 1. The molecular weight excluding hydrogens is 288 g/mol. The van der Waals surface area contributed by atoms with Crippen LogP contribution >= 0.6 is 0 Å². The van der Waals surface area contributed by atoms with E-state index in [1.807, 2.05) is 19.1 Å². The summed E-state index contributed by atoms with van der Waals surface area (Å²) in [4.78, 5) is 14.7. The van der Waals surface area contributed by atoms with Gasteiger partial charge < -0.3 is 10.1 Å². The molecule has 0 bridgehead atoms. The van der Waals surface area contributed by atoms with Gasteiger partial charge >= 0.3 is 0 Å². The molecule has 4 heteroatoms. The average molecular weight is 318 g/mol. The van der Waals surface area contributed by atoms with Crippen molar-refractivity contribution in [3.63, 3.8) is 0 Å². The first kappa shape index (κ1) is 17.8. The van der Waals surface area contributed by atoms with Crippen LogP contribution < -0.4 is 10.1 Å². The Kier molecular flexibility index (Phi) is 6.46. The van der Waals surface area contributed by atoms with E-state index in [1.165, 1.54) is 18.4 Å². The highest BCUT2D eigenvalue weighted by atomic mass is 16.5. The zero-order valence-electron chi connectivity index (χ0n) is 14.8. The van der Waals surface area contributed by atoms with Crippen LogP contribution in [0.25, 0.3) is 0 Å². The summed E-state index contributed by atoms with van der Waals surface area (Å²) in [5, 5.41) is 3.17. The summed E-state index contributed by atoms with van der Waals surface area (Å²) in [6.45, 7) is 8.95. The van der Waals surface area contributed by atoms with E-state index in [0.29, 0.717) is 12.5 Å². The molecule has 2 atom stereocenters. The van der Waals surface area contributed by atoms with Crippen molar-refractivity contribution >= 4 is 5.91 Å². The zero-order chi connectivity index (χ0) is 16.8. The van der Waals surface area contributed by atoms with Crippen molar-refractivity contribution in [2.24, 2.45) is 11.8 Å². The number of nitrogens with zero attached hydrogens (tertiary/aromatic N) is 1. The Labute approximate surface area is 140 Å².